The van der Waals surface area contributed by atoms with E-state index in [9.17, 15) is 20.4 Å². The van der Waals surface area contributed by atoms with E-state index in [1.807, 2.05) is 35.4 Å². The van der Waals surface area contributed by atoms with E-state index in [1.165, 1.54) is 0 Å². The van der Waals surface area contributed by atoms with Crippen LogP contribution in [0.2, 0.25) is 0 Å². The number of anilines is 1. The van der Waals surface area contributed by atoms with Crippen LogP contribution in [-0.2, 0) is 17.8 Å². The molecule has 2 bridgehead atoms. The van der Waals surface area contributed by atoms with E-state index >= 15 is 0 Å². The predicted octanol–water partition coefficient (Wildman–Crippen LogP) is 1.71. The van der Waals surface area contributed by atoms with Gasteiger partial charge >= 0.3 is 0 Å². The summed E-state index contributed by atoms with van der Waals surface area (Å²) in [7, 11) is 0. The number of imidazole rings is 1. The van der Waals surface area contributed by atoms with Gasteiger partial charge in [0, 0.05) is 43.8 Å². The minimum Gasteiger partial charge on any atom is -0.494 e. The summed E-state index contributed by atoms with van der Waals surface area (Å²) < 4.78 is 13.8. The first kappa shape index (κ1) is 26.4. The minimum atomic E-state index is -1.38. The average Bonchev–Trinajstić information content (AvgIpc) is 3.28. The molecule has 9 heteroatoms. The first-order valence-corrected chi connectivity index (χ1v) is 12.3. The molecule has 0 spiro atoms. The lowest BCUT2D eigenvalue weighted by atomic mass is 10.0. The van der Waals surface area contributed by atoms with Crippen molar-refractivity contribution >= 4 is 5.69 Å². The third-order valence-corrected chi connectivity index (χ3v) is 6.10. The number of aryl methyl sites for hydroxylation is 1. The van der Waals surface area contributed by atoms with Crippen LogP contribution < -0.4 is 9.64 Å². The van der Waals surface area contributed by atoms with Crippen LogP contribution in [0.25, 0.3) is 0 Å². The molecule has 0 unspecified atom stereocenters. The molecule has 34 heavy (non-hydrogen) atoms. The first-order valence-electron chi connectivity index (χ1n) is 12.3. The molecule has 4 atom stereocenters. The Balaban J connectivity index is 1.89. The van der Waals surface area contributed by atoms with Gasteiger partial charge in [0.15, 0.2) is 0 Å². The maximum absolute atomic E-state index is 11.0. The summed E-state index contributed by atoms with van der Waals surface area (Å²) in [5.74, 6) is 1.59. The van der Waals surface area contributed by atoms with Crippen molar-refractivity contribution in [2.45, 2.75) is 76.5 Å². The Morgan fingerprint density at radius 2 is 1.94 bits per heavy atom. The highest BCUT2D eigenvalue weighted by atomic mass is 16.5. The standard InChI is InChI=1S/C25H39N3O6/c1-2-11-27-12-10-26-23(27)17-28-16-21(30)24(32)25(22(31)18-29)34-14-6-4-3-5-13-33-20-9-7-8-19(28)15-20/h7-10,12,15,21-22,24-25,29-32H,2-6,11,13-14,16-18H2,1H3/t21-,22-,24-,25-/m1/s1. The van der Waals surface area contributed by atoms with E-state index in [0.717, 1.165) is 55.9 Å². The van der Waals surface area contributed by atoms with Crippen molar-refractivity contribution in [3.05, 3.63) is 42.5 Å². The Morgan fingerprint density at radius 3 is 2.71 bits per heavy atom. The molecule has 2 aromatic rings. The normalized spacial score (nSPS) is 23.9. The second kappa shape index (κ2) is 13.7. The number of β-amino-alcohol motifs (C(OH)–C–C–N with tert-alkyl or cyclic N) is 1. The molecule has 0 saturated carbocycles. The van der Waals surface area contributed by atoms with Gasteiger partial charge in [0.1, 0.15) is 29.9 Å². The Hall–Kier alpha value is -2.17. The number of hydrogen-bond acceptors (Lipinski definition) is 8. The zero-order valence-corrected chi connectivity index (χ0v) is 20.0. The lowest BCUT2D eigenvalue weighted by Crippen LogP contribution is -2.51. The summed E-state index contributed by atoms with van der Waals surface area (Å²) in [5, 5.41) is 41.6. The van der Waals surface area contributed by atoms with E-state index in [-0.39, 0.29) is 6.54 Å². The average molecular weight is 478 g/mol. The maximum Gasteiger partial charge on any atom is 0.128 e. The highest BCUT2D eigenvalue weighted by Gasteiger charge is 2.34. The van der Waals surface area contributed by atoms with Gasteiger partial charge in [-0.15, -0.1) is 0 Å². The highest BCUT2D eigenvalue weighted by Crippen LogP contribution is 2.25. The Kier molecular flexibility index (Phi) is 10.6. The van der Waals surface area contributed by atoms with E-state index in [0.29, 0.717) is 19.8 Å². The molecule has 0 aliphatic carbocycles. The van der Waals surface area contributed by atoms with E-state index in [4.69, 9.17) is 9.47 Å². The van der Waals surface area contributed by atoms with Crippen molar-refractivity contribution < 1.29 is 29.9 Å². The molecule has 0 radical (unpaired) electrons. The van der Waals surface area contributed by atoms with E-state index in [2.05, 4.69) is 16.5 Å². The third-order valence-electron chi connectivity index (χ3n) is 6.10. The largest absolute Gasteiger partial charge is 0.494 e. The number of rotatable bonds is 6. The Labute approximate surface area is 201 Å². The van der Waals surface area contributed by atoms with Crippen LogP contribution in [0.15, 0.2) is 36.7 Å². The van der Waals surface area contributed by atoms with Crippen molar-refractivity contribution in [1.29, 1.82) is 0 Å². The number of aliphatic hydroxyl groups excluding tert-OH is 4. The van der Waals surface area contributed by atoms with Gasteiger partial charge in [0.25, 0.3) is 0 Å². The number of aliphatic hydroxyl groups is 4. The summed E-state index contributed by atoms with van der Waals surface area (Å²) in [6, 6.07) is 7.67. The molecule has 9 nitrogen and oxygen atoms in total. The smallest absolute Gasteiger partial charge is 0.128 e. The molecule has 4 N–H and O–H groups in total. The van der Waals surface area contributed by atoms with Crippen molar-refractivity contribution in [2.24, 2.45) is 0 Å². The molecule has 1 aromatic heterocycles. The van der Waals surface area contributed by atoms with Gasteiger partial charge in [0.2, 0.25) is 0 Å². The van der Waals surface area contributed by atoms with Crippen LogP contribution in [-0.4, -0.2) is 80.8 Å². The lowest BCUT2D eigenvalue weighted by Gasteiger charge is -2.34. The topological polar surface area (TPSA) is 120 Å². The molecule has 3 rings (SSSR count). The van der Waals surface area contributed by atoms with Gasteiger partial charge < -0.3 is 39.4 Å². The number of nitrogens with zero attached hydrogens (tertiary/aromatic N) is 3. The van der Waals surface area contributed by atoms with Crippen molar-refractivity contribution in [3.63, 3.8) is 0 Å². The molecule has 1 aliphatic heterocycles. The van der Waals surface area contributed by atoms with Crippen LogP contribution in [0.3, 0.4) is 0 Å². The second-order valence-electron chi connectivity index (χ2n) is 8.82. The summed E-state index contributed by atoms with van der Waals surface area (Å²) in [6.45, 7) is 3.78. The molecule has 0 amide bonds. The fraction of sp³-hybridized carbons (Fsp3) is 0.640. The van der Waals surface area contributed by atoms with Crippen molar-refractivity contribution in [1.82, 2.24) is 9.55 Å². The number of hydrogen-bond donors (Lipinski definition) is 4. The fourth-order valence-electron chi connectivity index (χ4n) is 4.20. The summed E-state index contributed by atoms with van der Waals surface area (Å²) in [6.07, 6.45) is 3.19. The highest BCUT2D eigenvalue weighted by molar-refractivity contribution is 5.51. The van der Waals surface area contributed by atoms with Crippen LogP contribution in [0.1, 0.15) is 44.9 Å². The predicted molar refractivity (Wildman–Crippen MR) is 129 cm³/mol. The quantitative estimate of drug-likeness (QED) is 0.496. The first-order chi connectivity index (χ1) is 16.5. The van der Waals surface area contributed by atoms with Crippen LogP contribution in [0, 0.1) is 0 Å². The summed E-state index contributed by atoms with van der Waals surface area (Å²) >= 11 is 0. The second-order valence-corrected chi connectivity index (χ2v) is 8.82. The number of benzene rings is 1. The van der Waals surface area contributed by atoms with Crippen molar-refractivity contribution in [3.8, 4) is 5.75 Å². The van der Waals surface area contributed by atoms with Crippen LogP contribution in [0.4, 0.5) is 5.69 Å². The molecule has 1 aliphatic rings. The summed E-state index contributed by atoms with van der Waals surface area (Å²) in [4.78, 5) is 6.43. The van der Waals surface area contributed by atoms with Gasteiger partial charge in [-0.1, -0.05) is 19.4 Å². The fourth-order valence-corrected chi connectivity index (χ4v) is 4.20. The summed E-state index contributed by atoms with van der Waals surface area (Å²) in [5.41, 5.74) is 0.821. The zero-order valence-electron chi connectivity index (χ0n) is 20.0. The molecule has 0 saturated heterocycles. The number of aromatic nitrogens is 2. The number of fused-ring (bicyclic) bond motifs is 2. The van der Waals surface area contributed by atoms with Gasteiger partial charge in [0.05, 0.1) is 25.9 Å². The molecular weight excluding hydrogens is 438 g/mol. The molecule has 190 valence electrons. The van der Waals surface area contributed by atoms with Crippen molar-refractivity contribution in [2.75, 3.05) is 31.3 Å². The molecule has 1 aromatic carbocycles. The SMILES string of the molecule is CCCn1ccnc1CN1C[C@@H](O)[C@@H](O)[C@@H]([C@H](O)CO)OCCCCCCOc2cccc1c2. The van der Waals surface area contributed by atoms with E-state index in [1.54, 1.807) is 6.20 Å². The van der Waals surface area contributed by atoms with Crippen LogP contribution >= 0.6 is 0 Å². The lowest BCUT2D eigenvalue weighted by molar-refractivity contribution is -0.141. The van der Waals surface area contributed by atoms with Gasteiger partial charge in [-0.25, -0.2) is 4.98 Å². The molecule has 0 fully saturated rings. The molecular formula is C25H39N3O6. The molecule has 2 heterocycles. The van der Waals surface area contributed by atoms with Gasteiger partial charge in [-0.05, 0) is 37.8 Å². The van der Waals surface area contributed by atoms with Crippen LogP contribution in [0.5, 0.6) is 5.75 Å². The monoisotopic (exact) mass is 477 g/mol. The third kappa shape index (κ3) is 7.41. The maximum atomic E-state index is 11.0. The van der Waals surface area contributed by atoms with Gasteiger partial charge in [-0.3, -0.25) is 0 Å². The number of ether oxygens (including phenoxy) is 2. The zero-order chi connectivity index (χ0) is 24.3. The Bertz CT molecular complexity index is 848. The minimum absolute atomic E-state index is 0.0710. The Morgan fingerprint density at radius 1 is 1.15 bits per heavy atom. The van der Waals surface area contributed by atoms with E-state index < -0.39 is 31.0 Å². The van der Waals surface area contributed by atoms with Gasteiger partial charge in [-0.2, -0.15) is 0 Å².